The Morgan fingerprint density at radius 3 is 1.88 bits per heavy atom. The summed E-state index contributed by atoms with van der Waals surface area (Å²) in [5.41, 5.74) is 0. The molecule has 0 aromatic carbocycles. The van der Waals surface area contributed by atoms with Crippen LogP contribution in [-0.4, -0.2) is 11.6 Å². The number of allylic oxidation sites excluding steroid dienone is 2. The number of carbonyl (C=O) groups is 1. The fourth-order valence-electron chi connectivity index (χ4n) is 0.589. The topological polar surface area (TPSA) is 37.3 Å². The van der Waals surface area contributed by atoms with Crippen molar-refractivity contribution in [2.45, 2.75) is 19.3 Å². The maximum Gasteiger partial charge on any atom is 0.290 e. The Hall–Kier alpha value is -0.790. The predicted molar refractivity (Wildman–Crippen MR) is 31.7 cm³/mol. The monoisotopic (exact) mass is 114 g/mol. The van der Waals surface area contributed by atoms with Crippen LogP contribution in [-0.2, 0) is 4.79 Å². The molecule has 1 rings (SSSR count). The highest BCUT2D eigenvalue weighted by atomic mass is 16.3. The molecule has 0 heterocycles. The summed E-state index contributed by atoms with van der Waals surface area (Å²) in [5, 5.41) is 6.89. The molecule has 1 aliphatic carbocycles. The molecule has 0 unspecified atom stereocenters. The van der Waals surface area contributed by atoms with Crippen molar-refractivity contribution < 1.29 is 9.90 Å². The van der Waals surface area contributed by atoms with E-state index in [0.29, 0.717) is 0 Å². The highest BCUT2D eigenvalue weighted by Crippen LogP contribution is 2.05. The minimum absolute atomic E-state index is 0.250. The number of carboxylic acid groups (broad SMARTS) is 1. The lowest BCUT2D eigenvalue weighted by Crippen LogP contribution is -1.50. The summed E-state index contributed by atoms with van der Waals surface area (Å²) in [6, 6.07) is 0. The van der Waals surface area contributed by atoms with Crippen molar-refractivity contribution in [3.8, 4) is 0 Å². The number of rotatable bonds is 0. The van der Waals surface area contributed by atoms with Crippen LogP contribution in [0.1, 0.15) is 19.3 Å². The Kier molecular flexibility index (Phi) is 5.60. The van der Waals surface area contributed by atoms with Gasteiger partial charge in [0.2, 0.25) is 0 Å². The first-order valence-electron chi connectivity index (χ1n) is 2.64. The fraction of sp³-hybridized carbons (Fsp3) is 0.500. The summed E-state index contributed by atoms with van der Waals surface area (Å²) in [5.74, 6) is 0. The van der Waals surface area contributed by atoms with Crippen molar-refractivity contribution in [1.82, 2.24) is 0 Å². The van der Waals surface area contributed by atoms with Gasteiger partial charge >= 0.3 is 0 Å². The molecule has 1 aliphatic rings. The Bertz CT molecular complexity index is 70.6. The second-order valence-corrected chi connectivity index (χ2v) is 1.51. The highest BCUT2D eigenvalue weighted by molar-refractivity contribution is 5.32. The van der Waals surface area contributed by atoms with E-state index in [1.807, 2.05) is 0 Å². The summed E-state index contributed by atoms with van der Waals surface area (Å²) in [6.07, 6.45) is 8.50. The maximum atomic E-state index is 8.36. The summed E-state index contributed by atoms with van der Waals surface area (Å²) in [7, 11) is 0. The van der Waals surface area contributed by atoms with Crippen molar-refractivity contribution in [3.63, 3.8) is 0 Å². The van der Waals surface area contributed by atoms with E-state index in [9.17, 15) is 0 Å². The van der Waals surface area contributed by atoms with Gasteiger partial charge in [-0.1, -0.05) is 12.2 Å². The largest absolute Gasteiger partial charge is 0.483 e. The standard InChI is InChI=1S/C5H8.CH2O2/c1-2-4-5-3-1;2-1-3/h1-2H,3-5H2;1H,(H,2,3). The lowest BCUT2D eigenvalue weighted by Gasteiger charge is -1.69. The number of hydrogen-bond acceptors (Lipinski definition) is 1. The lowest BCUT2D eigenvalue weighted by atomic mass is 10.4. The van der Waals surface area contributed by atoms with Gasteiger partial charge in [0.25, 0.3) is 6.47 Å². The van der Waals surface area contributed by atoms with Gasteiger partial charge in [0.15, 0.2) is 0 Å². The predicted octanol–water partition coefficient (Wildman–Crippen LogP) is 1.43. The molecule has 2 nitrogen and oxygen atoms in total. The average Bonchev–Trinajstić information content (AvgIpc) is 2.17. The van der Waals surface area contributed by atoms with Crippen molar-refractivity contribution in [2.24, 2.45) is 0 Å². The summed E-state index contributed by atoms with van der Waals surface area (Å²) in [4.78, 5) is 8.36. The second-order valence-electron chi connectivity index (χ2n) is 1.51. The Labute approximate surface area is 48.8 Å². The van der Waals surface area contributed by atoms with Crippen LogP contribution in [0.5, 0.6) is 0 Å². The molecule has 0 saturated carbocycles. The Balaban J connectivity index is 0.000000145. The van der Waals surface area contributed by atoms with Crippen molar-refractivity contribution >= 4 is 6.47 Å². The van der Waals surface area contributed by atoms with Crippen molar-refractivity contribution in [2.75, 3.05) is 0 Å². The molecule has 0 spiro atoms. The molecule has 0 atom stereocenters. The first-order chi connectivity index (χ1) is 3.91. The van der Waals surface area contributed by atoms with Gasteiger partial charge in [-0.3, -0.25) is 4.79 Å². The maximum absolute atomic E-state index is 8.36. The fourth-order valence-corrected chi connectivity index (χ4v) is 0.589. The molecule has 0 amide bonds. The first-order valence-corrected chi connectivity index (χ1v) is 2.64. The molecule has 46 valence electrons. The van der Waals surface area contributed by atoms with Gasteiger partial charge < -0.3 is 5.11 Å². The zero-order valence-electron chi connectivity index (χ0n) is 4.71. The van der Waals surface area contributed by atoms with E-state index in [-0.39, 0.29) is 6.47 Å². The van der Waals surface area contributed by atoms with Gasteiger partial charge in [0.05, 0.1) is 0 Å². The van der Waals surface area contributed by atoms with Crippen LogP contribution in [0.15, 0.2) is 12.2 Å². The molecule has 1 N–H and O–H groups in total. The van der Waals surface area contributed by atoms with Crippen LogP contribution in [0.25, 0.3) is 0 Å². The minimum atomic E-state index is -0.250. The summed E-state index contributed by atoms with van der Waals surface area (Å²) >= 11 is 0. The molecule has 0 aromatic heterocycles. The highest BCUT2D eigenvalue weighted by Gasteiger charge is 1.84. The SMILES string of the molecule is C1=CCCC1.O=CO. The van der Waals surface area contributed by atoms with Crippen molar-refractivity contribution in [3.05, 3.63) is 12.2 Å². The van der Waals surface area contributed by atoms with Crippen molar-refractivity contribution in [1.29, 1.82) is 0 Å². The van der Waals surface area contributed by atoms with Gasteiger partial charge in [-0.25, -0.2) is 0 Å². The molecule has 0 fully saturated rings. The lowest BCUT2D eigenvalue weighted by molar-refractivity contribution is -0.122. The third-order valence-corrected chi connectivity index (χ3v) is 0.908. The summed E-state index contributed by atoms with van der Waals surface area (Å²) in [6.45, 7) is -0.250. The van der Waals surface area contributed by atoms with E-state index in [1.54, 1.807) is 0 Å². The molecule has 0 radical (unpaired) electrons. The van der Waals surface area contributed by atoms with Crippen LogP contribution in [0.3, 0.4) is 0 Å². The van der Waals surface area contributed by atoms with E-state index in [4.69, 9.17) is 9.90 Å². The number of hydrogen-bond donors (Lipinski definition) is 1. The van der Waals surface area contributed by atoms with Gasteiger partial charge in [-0.05, 0) is 19.3 Å². The molecule has 0 saturated heterocycles. The molecule has 8 heavy (non-hydrogen) atoms. The molecule has 0 aliphatic heterocycles. The van der Waals surface area contributed by atoms with Crippen LogP contribution in [0.2, 0.25) is 0 Å². The van der Waals surface area contributed by atoms with Gasteiger partial charge in [-0.2, -0.15) is 0 Å². The van der Waals surface area contributed by atoms with Crippen LogP contribution < -0.4 is 0 Å². The normalized spacial score (nSPS) is 14.5. The van der Waals surface area contributed by atoms with E-state index < -0.39 is 0 Å². The minimum Gasteiger partial charge on any atom is -0.483 e. The van der Waals surface area contributed by atoms with Crippen LogP contribution in [0, 0.1) is 0 Å². The molecular weight excluding hydrogens is 104 g/mol. The average molecular weight is 114 g/mol. The zero-order valence-corrected chi connectivity index (χ0v) is 4.71. The van der Waals surface area contributed by atoms with Crippen LogP contribution in [0.4, 0.5) is 0 Å². The van der Waals surface area contributed by atoms with Gasteiger partial charge in [0.1, 0.15) is 0 Å². The second kappa shape index (κ2) is 6.21. The molecular formula is C6H10O2. The van der Waals surface area contributed by atoms with Gasteiger partial charge in [0, 0.05) is 0 Å². The smallest absolute Gasteiger partial charge is 0.290 e. The van der Waals surface area contributed by atoms with E-state index >= 15 is 0 Å². The molecule has 2 heteroatoms. The van der Waals surface area contributed by atoms with E-state index in [1.165, 1.54) is 19.3 Å². The Morgan fingerprint density at radius 1 is 1.38 bits per heavy atom. The van der Waals surface area contributed by atoms with Crippen LogP contribution >= 0.6 is 0 Å². The first kappa shape index (κ1) is 7.21. The van der Waals surface area contributed by atoms with E-state index in [0.717, 1.165) is 0 Å². The quantitative estimate of drug-likeness (QED) is 0.382. The molecule has 0 aromatic rings. The molecule has 0 bridgehead atoms. The van der Waals surface area contributed by atoms with Gasteiger partial charge in [-0.15, -0.1) is 0 Å². The zero-order chi connectivity index (χ0) is 6.24. The third-order valence-electron chi connectivity index (χ3n) is 0.908. The van der Waals surface area contributed by atoms with E-state index in [2.05, 4.69) is 12.2 Å². The Morgan fingerprint density at radius 2 is 1.75 bits per heavy atom. The third kappa shape index (κ3) is 5.21. The summed E-state index contributed by atoms with van der Waals surface area (Å²) < 4.78 is 0.